The molecule has 0 spiro atoms. The Morgan fingerprint density at radius 3 is 2.24 bits per heavy atom. The zero-order valence-electron chi connectivity index (χ0n) is 12.0. The lowest BCUT2D eigenvalue weighted by atomic mass is 9.95. The van der Waals surface area contributed by atoms with E-state index < -0.39 is 0 Å². The lowest BCUT2D eigenvalue weighted by Crippen LogP contribution is -2.56. The summed E-state index contributed by atoms with van der Waals surface area (Å²) in [5.74, 6) is 0.934. The van der Waals surface area contributed by atoms with Crippen molar-refractivity contribution in [3.63, 3.8) is 0 Å². The van der Waals surface area contributed by atoms with Crippen LogP contribution in [0.5, 0.6) is 0 Å². The summed E-state index contributed by atoms with van der Waals surface area (Å²) >= 11 is 0. The minimum atomic E-state index is 0.720. The van der Waals surface area contributed by atoms with Crippen LogP contribution >= 0.6 is 0 Å². The molecular formula is C14H29N3. The summed E-state index contributed by atoms with van der Waals surface area (Å²) in [6.45, 7) is 11.1. The quantitative estimate of drug-likeness (QED) is 0.720. The van der Waals surface area contributed by atoms with Crippen molar-refractivity contribution in [1.29, 1.82) is 0 Å². The van der Waals surface area contributed by atoms with Gasteiger partial charge in [0.2, 0.25) is 0 Å². The molecule has 2 aliphatic rings. The molecule has 100 valence electrons. The average molecular weight is 239 g/mol. The number of piperidine rings is 1. The number of likely N-dealkylation sites (N-methyl/N-ethyl adjacent to an activating group) is 1. The van der Waals surface area contributed by atoms with Gasteiger partial charge in [-0.2, -0.15) is 0 Å². The van der Waals surface area contributed by atoms with Gasteiger partial charge in [0.25, 0.3) is 0 Å². The van der Waals surface area contributed by atoms with Gasteiger partial charge in [-0.25, -0.2) is 0 Å². The molecule has 0 amide bonds. The molecule has 0 N–H and O–H groups in total. The highest BCUT2D eigenvalue weighted by molar-refractivity contribution is 4.85. The highest BCUT2D eigenvalue weighted by Gasteiger charge is 2.29. The molecule has 2 atom stereocenters. The maximum absolute atomic E-state index is 2.72. The zero-order chi connectivity index (χ0) is 12.4. The number of piperazine rings is 1. The predicted molar refractivity (Wildman–Crippen MR) is 73.3 cm³/mol. The summed E-state index contributed by atoms with van der Waals surface area (Å²) in [7, 11) is 4.50. The Kier molecular flexibility index (Phi) is 4.45. The Labute approximate surface area is 107 Å². The van der Waals surface area contributed by atoms with E-state index in [1.54, 1.807) is 0 Å². The van der Waals surface area contributed by atoms with E-state index in [-0.39, 0.29) is 0 Å². The number of hydrogen-bond donors (Lipinski definition) is 0. The average Bonchev–Trinajstić information content (AvgIpc) is 2.29. The Bertz CT molecular complexity index is 236. The van der Waals surface area contributed by atoms with Crippen molar-refractivity contribution in [2.45, 2.75) is 38.8 Å². The first-order valence-electron chi connectivity index (χ1n) is 7.19. The van der Waals surface area contributed by atoms with Crippen LogP contribution in [0.25, 0.3) is 0 Å². The van der Waals surface area contributed by atoms with E-state index in [9.17, 15) is 0 Å². The van der Waals surface area contributed by atoms with Crippen LogP contribution in [0.1, 0.15) is 26.7 Å². The van der Waals surface area contributed by atoms with Gasteiger partial charge in [0.1, 0.15) is 0 Å². The molecular weight excluding hydrogens is 210 g/mol. The molecule has 2 heterocycles. The summed E-state index contributed by atoms with van der Waals surface area (Å²) in [5, 5.41) is 0. The van der Waals surface area contributed by atoms with Crippen molar-refractivity contribution >= 4 is 0 Å². The minimum Gasteiger partial charge on any atom is -0.306 e. The van der Waals surface area contributed by atoms with E-state index in [0.29, 0.717) is 0 Å². The molecule has 0 bridgehead atoms. The maximum Gasteiger partial charge on any atom is 0.0195 e. The van der Waals surface area contributed by atoms with Crippen molar-refractivity contribution in [3.05, 3.63) is 0 Å². The van der Waals surface area contributed by atoms with Crippen LogP contribution in [0.3, 0.4) is 0 Å². The second kappa shape index (κ2) is 5.68. The van der Waals surface area contributed by atoms with Crippen LogP contribution in [-0.2, 0) is 0 Å². The van der Waals surface area contributed by atoms with Gasteiger partial charge in [0, 0.05) is 31.7 Å². The van der Waals surface area contributed by atoms with Crippen LogP contribution in [0.2, 0.25) is 0 Å². The molecule has 0 aromatic rings. The van der Waals surface area contributed by atoms with Crippen molar-refractivity contribution in [2.24, 2.45) is 5.92 Å². The molecule has 3 heteroatoms. The lowest BCUT2D eigenvalue weighted by molar-refractivity contribution is 0.0398. The second-order valence-corrected chi connectivity index (χ2v) is 6.34. The topological polar surface area (TPSA) is 9.72 Å². The first-order chi connectivity index (χ1) is 8.06. The van der Waals surface area contributed by atoms with Gasteiger partial charge in [-0.05, 0) is 59.8 Å². The molecule has 0 saturated carbocycles. The fourth-order valence-electron chi connectivity index (χ4n) is 3.20. The molecule has 0 radical (unpaired) electrons. The summed E-state index contributed by atoms with van der Waals surface area (Å²) < 4.78 is 0. The van der Waals surface area contributed by atoms with E-state index >= 15 is 0 Å². The number of hydrogen-bond acceptors (Lipinski definition) is 3. The predicted octanol–water partition coefficient (Wildman–Crippen LogP) is 1.35. The Hall–Kier alpha value is -0.120. The maximum atomic E-state index is 2.72. The molecule has 0 aromatic carbocycles. The van der Waals surface area contributed by atoms with Crippen molar-refractivity contribution in [1.82, 2.24) is 14.7 Å². The largest absolute Gasteiger partial charge is 0.306 e. The van der Waals surface area contributed by atoms with Crippen LogP contribution in [-0.4, -0.2) is 73.6 Å². The van der Waals surface area contributed by atoms with E-state index in [0.717, 1.165) is 18.0 Å². The Morgan fingerprint density at radius 1 is 0.941 bits per heavy atom. The molecule has 2 rings (SSSR count). The smallest absolute Gasteiger partial charge is 0.0195 e. The van der Waals surface area contributed by atoms with Crippen LogP contribution in [0.4, 0.5) is 0 Å². The first kappa shape index (κ1) is 13.3. The summed E-state index contributed by atoms with van der Waals surface area (Å²) in [6, 6.07) is 1.45. The zero-order valence-corrected chi connectivity index (χ0v) is 12.0. The molecule has 17 heavy (non-hydrogen) atoms. The Morgan fingerprint density at radius 2 is 1.59 bits per heavy atom. The normalized spacial score (nSPS) is 35.3. The van der Waals surface area contributed by atoms with E-state index in [4.69, 9.17) is 0 Å². The number of likely N-dealkylation sites (tertiary alicyclic amines) is 1. The third-order valence-electron chi connectivity index (χ3n) is 4.76. The lowest BCUT2D eigenvalue weighted by Gasteiger charge is -2.44. The molecule has 3 nitrogen and oxygen atoms in total. The molecule has 2 fully saturated rings. The van der Waals surface area contributed by atoms with Gasteiger partial charge in [-0.3, -0.25) is 4.90 Å². The fraction of sp³-hybridized carbons (Fsp3) is 1.00. The molecule has 0 aromatic heterocycles. The highest BCUT2D eigenvalue weighted by Crippen LogP contribution is 2.21. The summed E-state index contributed by atoms with van der Waals surface area (Å²) in [4.78, 5) is 7.68. The van der Waals surface area contributed by atoms with Gasteiger partial charge < -0.3 is 9.80 Å². The van der Waals surface area contributed by atoms with Gasteiger partial charge >= 0.3 is 0 Å². The van der Waals surface area contributed by atoms with Gasteiger partial charge in [0.05, 0.1) is 0 Å². The fourth-order valence-corrected chi connectivity index (χ4v) is 3.20. The van der Waals surface area contributed by atoms with Crippen LogP contribution in [0, 0.1) is 5.92 Å². The molecule has 2 aliphatic heterocycles. The van der Waals surface area contributed by atoms with Gasteiger partial charge in [-0.1, -0.05) is 0 Å². The van der Waals surface area contributed by atoms with Gasteiger partial charge in [0.15, 0.2) is 0 Å². The minimum absolute atomic E-state index is 0.720. The van der Waals surface area contributed by atoms with Crippen molar-refractivity contribution in [3.8, 4) is 0 Å². The SMILES string of the molecule is C[C@@H]1CN(CC2CCN(C)CC2)[C@@H](C)CN1C. The molecule has 2 saturated heterocycles. The van der Waals surface area contributed by atoms with Crippen LogP contribution in [0.15, 0.2) is 0 Å². The molecule has 0 unspecified atom stereocenters. The van der Waals surface area contributed by atoms with Crippen molar-refractivity contribution in [2.75, 3.05) is 46.8 Å². The molecule has 0 aliphatic carbocycles. The van der Waals surface area contributed by atoms with Gasteiger partial charge in [-0.15, -0.1) is 0 Å². The summed E-state index contributed by atoms with van der Waals surface area (Å²) in [6.07, 6.45) is 2.79. The van der Waals surface area contributed by atoms with Crippen LogP contribution < -0.4 is 0 Å². The highest BCUT2D eigenvalue weighted by atomic mass is 15.3. The number of rotatable bonds is 2. The van der Waals surface area contributed by atoms with Crippen molar-refractivity contribution < 1.29 is 0 Å². The monoisotopic (exact) mass is 239 g/mol. The second-order valence-electron chi connectivity index (χ2n) is 6.34. The van der Waals surface area contributed by atoms with E-state index in [1.165, 1.54) is 45.6 Å². The first-order valence-corrected chi connectivity index (χ1v) is 7.19. The third kappa shape index (κ3) is 3.43. The number of nitrogens with zero attached hydrogens (tertiary/aromatic N) is 3. The Balaban J connectivity index is 1.82. The standard InChI is InChI=1S/C14H29N3/c1-12-10-17(13(2)9-16(12)4)11-14-5-7-15(3)8-6-14/h12-14H,5-11H2,1-4H3/t12-,13+/m1/s1. The summed E-state index contributed by atoms with van der Waals surface area (Å²) in [5.41, 5.74) is 0. The van der Waals surface area contributed by atoms with E-state index in [2.05, 4.69) is 42.6 Å². The third-order valence-corrected chi connectivity index (χ3v) is 4.76. The van der Waals surface area contributed by atoms with E-state index in [1.807, 2.05) is 0 Å².